The van der Waals surface area contributed by atoms with Crippen molar-refractivity contribution in [3.8, 4) is 0 Å². The van der Waals surface area contributed by atoms with E-state index >= 15 is 0 Å². The van der Waals surface area contributed by atoms with Gasteiger partial charge in [0.15, 0.2) is 0 Å². The van der Waals surface area contributed by atoms with Crippen LogP contribution in [0, 0.1) is 0 Å². The minimum Gasteiger partial charge on any atom is -0.346 e. The highest BCUT2D eigenvalue weighted by atomic mass is 32.2. The van der Waals surface area contributed by atoms with Crippen LogP contribution in [0.5, 0.6) is 0 Å². The smallest absolute Gasteiger partial charge is 0.268 e. The third-order valence-electron chi connectivity index (χ3n) is 3.19. The topological polar surface area (TPSA) is 98.0 Å². The molecule has 0 aliphatic heterocycles. The molecule has 2 rings (SSSR count). The van der Waals surface area contributed by atoms with Crippen molar-refractivity contribution in [3.05, 3.63) is 36.4 Å². The summed E-state index contributed by atoms with van der Waals surface area (Å²) in [4.78, 5) is 12.3. The molecule has 2 aromatic heterocycles. The fourth-order valence-electron chi connectivity index (χ4n) is 2.06. The van der Waals surface area contributed by atoms with E-state index in [2.05, 4.69) is 15.1 Å². The average molecular weight is 325 g/mol. The molecule has 0 aliphatic rings. The zero-order valence-electron chi connectivity index (χ0n) is 12.6. The molecule has 0 unspecified atom stereocenters. The van der Waals surface area contributed by atoms with E-state index in [4.69, 9.17) is 0 Å². The number of nitrogens with one attached hydrogen (secondary N) is 2. The number of hydrogen-bond donors (Lipinski definition) is 2. The van der Waals surface area contributed by atoms with Crippen LogP contribution in [0.25, 0.3) is 0 Å². The van der Waals surface area contributed by atoms with Crippen molar-refractivity contribution >= 4 is 15.9 Å². The van der Waals surface area contributed by atoms with Gasteiger partial charge < -0.3 is 9.88 Å². The standard InChI is InChI=1S/C13H19N5O3S/c1-10(8-18-6-4-5-15-18)16-13(19)12-7-11(9-17(12)3)22(20,21)14-2/h4-7,9-10,14H,8H2,1-3H3,(H,16,19)/t10-/m0/s1. The molecule has 2 heterocycles. The van der Waals surface area contributed by atoms with Gasteiger partial charge in [-0.15, -0.1) is 0 Å². The predicted molar refractivity (Wildman–Crippen MR) is 80.8 cm³/mol. The van der Waals surface area contributed by atoms with Crippen molar-refractivity contribution in [1.29, 1.82) is 0 Å². The lowest BCUT2D eigenvalue weighted by atomic mass is 10.3. The van der Waals surface area contributed by atoms with Crippen LogP contribution in [-0.4, -0.2) is 41.8 Å². The molecule has 9 heteroatoms. The van der Waals surface area contributed by atoms with Crippen LogP contribution in [0.1, 0.15) is 17.4 Å². The van der Waals surface area contributed by atoms with Crippen molar-refractivity contribution in [3.63, 3.8) is 0 Å². The van der Waals surface area contributed by atoms with E-state index in [-0.39, 0.29) is 22.5 Å². The van der Waals surface area contributed by atoms with Gasteiger partial charge in [0.1, 0.15) is 10.6 Å². The number of hydrogen-bond acceptors (Lipinski definition) is 4. The van der Waals surface area contributed by atoms with Crippen LogP contribution in [-0.2, 0) is 23.6 Å². The van der Waals surface area contributed by atoms with E-state index in [1.165, 1.54) is 23.9 Å². The molecule has 2 aromatic rings. The van der Waals surface area contributed by atoms with Crippen molar-refractivity contribution in [2.45, 2.75) is 24.4 Å². The van der Waals surface area contributed by atoms with E-state index < -0.39 is 10.0 Å². The van der Waals surface area contributed by atoms with Crippen LogP contribution in [0.4, 0.5) is 0 Å². The molecule has 0 aliphatic carbocycles. The van der Waals surface area contributed by atoms with Gasteiger partial charge in [-0.05, 0) is 26.1 Å². The Morgan fingerprint density at radius 2 is 2.18 bits per heavy atom. The first-order chi connectivity index (χ1) is 10.3. The summed E-state index contributed by atoms with van der Waals surface area (Å²) in [6.07, 6.45) is 4.88. The normalized spacial score (nSPS) is 13.0. The Hall–Kier alpha value is -2.13. The minimum absolute atomic E-state index is 0.0578. The van der Waals surface area contributed by atoms with E-state index in [0.717, 1.165) is 0 Å². The number of sulfonamides is 1. The van der Waals surface area contributed by atoms with Crippen LogP contribution in [0.15, 0.2) is 35.6 Å². The summed E-state index contributed by atoms with van der Waals surface area (Å²) in [5, 5.41) is 6.90. The fraction of sp³-hybridized carbons (Fsp3) is 0.385. The molecule has 0 spiro atoms. The summed E-state index contributed by atoms with van der Waals surface area (Å²) in [7, 11) is -0.613. The molecular formula is C13H19N5O3S. The maximum atomic E-state index is 12.3. The number of nitrogens with zero attached hydrogens (tertiary/aromatic N) is 3. The Kier molecular flexibility index (Phi) is 4.67. The van der Waals surface area contributed by atoms with Crippen LogP contribution in [0.3, 0.4) is 0 Å². The lowest BCUT2D eigenvalue weighted by molar-refractivity contribution is 0.0928. The summed E-state index contributed by atoms with van der Waals surface area (Å²) in [5.41, 5.74) is 0.279. The maximum absolute atomic E-state index is 12.3. The van der Waals surface area contributed by atoms with Crippen LogP contribution < -0.4 is 10.0 Å². The largest absolute Gasteiger partial charge is 0.346 e. The molecule has 1 amide bonds. The number of aryl methyl sites for hydroxylation is 1. The van der Waals surface area contributed by atoms with Crippen molar-refractivity contribution in [2.75, 3.05) is 7.05 Å². The van der Waals surface area contributed by atoms with E-state index in [1.807, 2.05) is 13.1 Å². The second-order valence-electron chi connectivity index (χ2n) is 4.98. The van der Waals surface area contributed by atoms with Gasteiger partial charge in [0, 0.05) is 31.7 Å². The highest BCUT2D eigenvalue weighted by Crippen LogP contribution is 2.13. The summed E-state index contributed by atoms with van der Waals surface area (Å²) in [6.45, 7) is 2.39. The Bertz CT molecular complexity index is 749. The molecule has 2 N–H and O–H groups in total. The Morgan fingerprint density at radius 1 is 1.45 bits per heavy atom. The molecule has 22 heavy (non-hydrogen) atoms. The average Bonchev–Trinajstić information content (AvgIpc) is 3.08. The number of carbonyl (C=O) groups is 1. The van der Waals surface area contributed by atoms with E-state index in [1.54, 1.807) is 24.0 Å². The Labute approximate surface area is 129 Å². The van der Waals surface area contributed by atoms with Gasteiger partial charge in [-0.3, -0.25) is 9.48 Å². The quantitative estimate of drug-likeness (QED) is 0.778. The fourth-order valence-corrected chi connectivity index (χ4v) is 2.86. The van der Waals surface area contributed by atoms with Crippen molar-refractivity contribution < 1.29 is 13.2 Å². The summed E-state index contributed by atoms with van der Waals surface area (Å²) >= 11 is 0. The summed E-state index contributed by atoms with van der Waals surface area (Å²) in [6, 6.07) is 3.01. The highest BCUT2D eigenvalue weighted by molar-refractivity contribution is 7.89. The zero-order valence-corrected chi connectivity index (χ0v) is 13.5. The molecule has 0 bridgehead atoms. The lowest BCUT2D eigenvalue weighted by Crippen LogP contribution is -2.36. The number of rotatable bonds is 6. The second-order valence-corrected chi connectivity index (χ2v) is 6.87. The third-order valence-corrected chi connectivity index (χ3v) is 4.57. The molecule has 1 atom stereocenters. The molecular weight excluding hydrogens is 306 g/mol. The minimum atomic E-state index is -3.57. The Morgan fingerprint density at radius 3 is 2.77 bits per heavy atom. The highest BCUT2D eigenvalue weighted by Gasteiger charge is 2.20. The predicted octanol–water partition coefficient (Wildman–Crippen LogP) is -0.0518. The lowest BCUT2D eigenvalue weighted by Gasteiger charge is -2.14. The number of carbonyl (C=O) groups excluding carboxylic acids is 1. The van der Waals surface area contributed by atoms with Crippen LogP contribution in [0.2, 0.25) is 0 Å². The van der Waals surface area contributed by atoms with Gasteiger partial charge in [-0.2, -0.15) is 5.10 Å². The molecule has 120 valence electrons. The third kappa shape index (κ3) is 3.55. The van der Waals surface area contributed by atoms with Gasteiger partial charge in [0.05, 0.1) is 6.54 Å². The van der Waals surface area contributed by atoms with Gasteiger partial charge in [0.25, 0.3) is 5.91 Å². The number of aromatic nitrogens is 3. The second kappa shape index (κ2) is 6.32. The number of amides is 1. The molecule has 0 aromatic carbocycles. The molecule has 0 radical (unpaired) electrons. The van der Waals surface area contributed by atoms with Crippen molar-refractivity contribution in [2.24, 2.45) is 7.05 Å². The van der Waals surface area contributed by atoms with E-state index in [9.17, 15) is 13.2 Å². The summed E-state index contributed by atoms with van der Waals surface area (Å²) in [5.74, 6) is -0.334. The van der Waals surface area contributed by atoms with Crippen LogP contribution >= 0.6 is 0 Å². The Balaban J connectivity index is 2.10. The van der Waals surface area contributed by atoms with Crippen molar-refractivity contribution in [1.82, 2.24) is 24.4 Å². The first-order valence-corrected chi connectivity index (χ1v) is 8.20. The SMILES string of the molecule is CNS(=O)(=O)c1cc(C(=O)N[C@@H](C)Cn2cccn2)n(C)c1. The zero-order chi connectivity index (χ0) is 16.3. The molecule has 0 saturated carbocycles. The first-order valence-electron chi connectivity index (χ1n) is 6.71. The van der Waals surface area contributed by atoms with Gasteiger partial charge in [0.2, 0.25) is 10.0 Å². The summed E-state index contributed by atoms with van der Waals surface area (Å²) < 4.78 is 28.9. The molecule has 8 nitrogen and oxygen atoms in total. The van der Waals surface area contributed by atoms with Gasteiger partial charge in [-0.25, -0.2) is 13.1 Å². The van der Waals surface area contributed by atoms with Gasteiger partial charge in [-0.1, -0.05) is 0 Å². The first kappa shape index (κ1) is 16.2. The van der Waals surface area contributed by atoms with E-state index in [0.29, 0.717) is 6.54 Å². The molecule has 0 fully saturated rings. The monoisotopic (exact) mass is 325 g/mol. The van der Waals surface area contributed by atoms with Gasteiger partial charge >= 0.3 is 0 Å². The maximum Gasteiger partial charge on any atom is 0.268 e. The molecule has 0 saturated heterocycles.